The van der Waals surface area contributed by atoms with Gasteiger partial charge in [-0.1, -0.05) is 38.0 Å². The molecule has 12 nitrogen and oxygen atoms in total. The molecule has 4 N–H and O–H groups in total. The third-order valence-electron chi connectivity index (χ3n) is 6.63. The SMILES string of the molecule is CCCCCOC(=O)[C@H](C)NP(=O)(OC[C@@]1(CF)O[C@@H](c2ccc3c(N)ncnn23)C[C@@H]1O)Oc1ccccc1. The van der Waals surface area contributed by atoms with Gasteiger partial charge < -0.3 is 24.8 Å². The molecule has 2 aromatic heterocycles. The van der Waals surface area contributed by atoms with Gasteiger partial charge in [-0.05, 0) is 37.6 Å². The number of aliphatic hydroxyl groups excluding tert-OH is 1. The van der Waals surface area contributed by atoms with Crippen LogP contribution in [0.15, 0.2) is 48.8 Å². The minimum Gasteiger partial charge on any atom is -0.465 e. The zero-order chi connectivity index (χ0) is 28.8. The molecule has 0 amide bonds. The van der Waals surface area contributed by atoms with Crippen LogP contribution in [0.3, 0.4) is 0 Å². The number of carbonyl (C=O) groups is 1. The number of nitrogen functional groups attached to an aromatic ring is 1. The zero-order valence-electron chi connectivity index (χ0n) is 22.4. The van der Waals surface area contributed by atoms with Crippen molar-refractivity contribution in [2.45, 2.75) is 63.4 Å². The van der Waals surface area contributed by atoms with Gasteiger partial charge in [0.05, 0.1) is 25.0 Å². The molecule has 0 aliphatic carbocycles. The summed E-state index contributed by atoms with van der Waals surface area (Å²) in [6, 6.07) is 10.5. The van der Waals surface area contributed by atoms with Gasteiger partial charge >= 0.3 is 13.7 Å². The average molecular weight is 580 g/mol. The summed E-state index contributed by atoms with van der Waals surface area (Å²) in [5, 5.41) is 17.6. The number of nitrogens with one attached hydrogen (secondary N) is 1. The number of ether oxygens (including phenoxy) is 2. The molecular formula is C26H35FN5O7P. The molecule has 4 rings (SSSR count). The third kappa shape index (κ3) is 6.79. The Labute approximate surface area is 231 Å². The second-order valence-electron chi connectivity index (χ2n) is 9.66. The Kier molecular flexibility index (Phi) is 9.75. The van der Waals surface area contributed by atoms with Gasteiger partial charge in [0, 0.05) is 6.42 Å². The molecular weight excluding hydrogens is 544 g/mol. The number of alkyl halides is 1. The summed E-state index contributed by atoms with van der Waals surface area (Å²) < 4.78 is 52.5. The zero-order valence-corrected chi connectivity index (χ0v) is 23.3. The van der Waals surface area contributed by atoms with E-state index in [4.69, 9.17) is 24.3 Å². The van der Waals surface area contributed by atoms with E-state index in [1.807, 2.05) is 6.92 Å². The minimum absolute atomic E-state index is 0.0149. The molecule has 14 heteroatoms. The van der Waals surface area contributed by atoms with Crippen LogP contribution in [0.25, 0.3) is 5.52 Å². The number of hydrogen-bond acceptors (Lipinski definition) is 10. The molecule has 1 aliphatic heterocycles. The Hall–Kier alpha value is -3.09. The van der Waals surface area contributed by atoms with Crippen LogP contribution in [0.1, 0.15) is 51.3 Å². The highest BCUT2D eigenvalue weighted by Crippen LogP contribution is 2.48. The highest BCUT2D eigenvalue weighted by Gasteiger charge is 2.51. The number of para-hydroxylation sites is 1. The molecule has 1 aliphatic rings. The number of rotatable bonds is 14. The maximum Gasteiger partial charge on any atom is 0.459 e. The minimum atomic E-state index is -4.31. The van der Waals surface area contributed by atoms with E-state index in [2.05, 4.69) is 15.2 Å². The quantitative estimate of drug-likeness (QED) is 0.145. The highest BCUT2D eigenvalue weighted by molar-refractivity contribution is 7.52. The van der Waals surface area contributed by atoms with Gasteiger partial charge in [0.15, 0.2) is 5.82 Å². The summed E-state index contributed by atoms with van der Waals surface area (Å²) in [4.78, 5) is 16.5. The van der Waals surface area contributed by atoms with E-state index in [9.17, 15) is 18.9 Å². The lowest BCUT2D eigenvalue weighted by atomic mass is 9.98. The normalized spacial score (nSPS) is 23.1. The smallest absolute Gasteiger partial charge is 0.459 e. The molecule has 3 heterocycles. The van der Waals surface area contributed by atoms with Crippen LogP contribution < -0.4 is 15.3 Å². The van der Waals surface area contributed by atoms with Crippen LogP contribution in [-0.4, -0.2) is 63.3 Å². The number of nitrogens with two attached hydrogens (primary N) is 1. The molecule has 0 saturated carbocycles. The number of hydrogen-bond donors (Lipinski definition) is 3. The van der Waals surface area contributed by atoms with E-state index in [1.54, 1.807) is 42.5 Å². The summed E-state index contributed by atoms with van der Waals surface area (Å²) in [7, 11) is -4.31. The predicted molar refractivity (Wildman–Crippen MR) is 144 cm³/mol. The van der Waals surface area contributed by atoms with Gasteiger partial charge in [-0.2, -0.15) is 10.2 Å². The van der Waals surface area contributed by atoms with E-state index >= 15 is 0 Å². The van der Waals surface area contributed by atoms with Crippen molar-refractivity contribution in [1.82, 2.24) is 19.7 Å². The van der Waals surface area contributed by atoms with Crippen molar-refractivity contribution >= 4 is 25.1 Å². The lowest BCUT2D eigenvalue weighted by Gasteiger charge is -2.31. The van der Waals surface area contributed by atoms with Crippen molar-refractivity contribution in [1.29, 1.82) is 0 Å². The maximum absolute atomic E-state index is 14.5. The lowest BCUT2D eigenvalue weighted by molar-refractivity contribution is -0.145. The second-order valence-corrected chi connectivity index (χ2v) is 11.4. The van der Waals surface area contributed by atoms with Crippen LogP contribution >= 0.6 is 7.75 Å². The first-order valence-corrected chi connectivity index (χ1v) is 14.7. The Morgan fingerprint density at radius 2 is 2.10 bits per heavy atom. The van der Waals surface area contributed by atoms with Gasteiger partial charge in [0.1, 0.15) is 42.0 Å². The topological polar surface area (TPSA) is 160 Å². The Morgan fingerprint density at radius 1 is 1.32 bits per heavy atom. The standard InChI is InChI=1S/C26H35FN5O7P/c1-3-4-8-13-36-25(34)18(2)31-40(35,39-19-9-6-5-7-10-19)37-16-26(15-27)23(33)14-22(38-26)20-11-12-21-24(28)29-17-30-32(20)21/h5-7,9-12,17-18,22-23,33H,3-4,8,13-16H2,1-2H3,(H,31,35)(H2,28,29,30)/t18-,22+,23-,26+,40?/m0/s1. The molecule has 5 atom stereocenters. The van der Waals surface area contributed by atoms with Crippen LogP contribution in [0, 0.1) is 0 Å². The number of esters is 1. The van der Waals surface area contributed by atoms with E-state index in [0.717, 1.165) is 12.8 Å². The number of aliphatic hydroxyl groups is 1. The number of benzene rings is 1. The lowest BCUT2D eigenvalue weighted by Crippen LogP contribution is -2.47. The Balaban J connectivity index is 1.50. The second kappa shape index (κ2) is 13.0. The van der Waals surface area contributed by atoms with Gasteiger partial charge in [0.2, 0.25) is 0 Å². The summed E-state index contributed by atoms with van der Waals surface area (Å²) in [5.74, 6) is -0.197. The Morgan fingerprint density at radius 3 is 2.83 bits per heavy atom. The predicted octanol–water partition coefficient (Wildman–Crippen LogP) is 3.76. The van der Waals surface area contributed by atoms with E-state index < -0.39 is 50.8 Å². The van der Waals surface area contributed by atoms with E-state index in [0.29, 0.717) is 17.6 Å². The van der Waals surface area contributed by atoms with E-state index in [1.165, 1.54) is 17.8 Å². The molecule has 1 aromatic carbocycles. The van der Waals surface area contributed by atoms with Gasteiger partial charge in [0.25, 0.3) is 0 Å². The third-order valence-corrected chi connectivity index (χ3v) is 8.26. The first kappa shape index (κ1) is 29.9. The first-order valence-electron chi connectivity index (χ1n) is 13.1. The van der Waals surface area contributed by atoms with Gasteiger partial charge in [-0.25, -0.2) is 18.5 Å². The van der Waals surface area contributed by atoms with Crippen molar-refractivity contribution in [2.24, 2.45) is 0 Å². The van der Waals surface area contributed by atoms with Crippen LogP contribution in [-0.2, 0) is 23.4 Å². The number of unbranched alkanes of at least 4 members (excludes halogenated alkanes) is 2. The molecule has 1 fully saturated rings. The molecule has 1 saturated heterocycles. The molecule has 1 unspecified atom stereocenters. The summed E-state index contributed by atoms with van der Waals surface area (Å²) >= 11 is 0. The average Bonchev–Trinajstić information content (AvgIpc) is 3.52. The van der Waals surface area contributed by atoms with Crippen molar-refractivity contribution in [2.75, 3.05) is 25.6 Å². The highest BCUT2D eigenvalue weighted by atomic mass is 31.2. The number of halogens is 1. The fraction of sp³-hybridized carbons (Fsp3) is 0.500. The number of fused-ring (bicyclic) bond motifs is 1. The largest absolute Gasteiger partial charge is 0.465 e. The summed E-state index contributed by atoms with van der Waals surface area (Å²) in [6.07, 6.45) is 1.77. The monoisotopic (exact) mass is 579 g/mol. The first-order chi connectivity index (χ1) is 19.2. The molecule has 0 radical (unpaired) electrons. The van der Waals surface area contributed by atoms with Crippen molar-refractivity contribution in [3.05, 3.63) is 54.5 Å². The van der Waals surface area contributed by atoms with Crippen molar-refractivity contribution in [3.63, 3.8) is 0 Å². The van der Waals surface area contributed by atoms with E-state index in [-0.39, 0.29) is 24.6 Å². The van der Waals surface area contributed by atoms with Gasteiger partial charge in [-0.3, -0.25) is 9.32 Å². The fourth-order valence-electron chi connectivity index (χ4n) is 4.36. The Bertz CT molecular complexity index is 1330. The number of nitrogens with zero attached hydrogens (tertiary/aromatic N) is 3. The van der Waals surface area contributed by atoms with Crippen molar-refractivity contribution < 1.29 is 37.4 Å². The fourth-order valence-corrected chi connectivity index (χ4v) is 5.91. The van der Waals surface area contributed by atoms with Gasteiger partial charge in [-0.15, -0.1) is 0 Å². The van der Waals surface area contributed by atoms with Crippen LogP contribution in [0.2, 0.25) is 0 Å². The number of anilines is 1. The maximum atomic E-state index is 14.5. The van der Waals surface area contributed by atoms with Crippen LogP contribution in [0.5, 0.6) is 5.75 Å². The molecule has 0 bridgehead atoms. The molecule has 0 spiro atoms. The summed E-state index contributed by atoms with van der Waals surface area (Å²) in [6.45, 7) is 1.92. The summed E-state index contributed by atoms with van der Waals surface area (Å²) in [5.41, 5.74) is 5.10. The van der Waals surface area contributed by atoms with Crippen LogP contribution in [0.4, 0.5) is 10.2 Å². The molecule has 218 valence electrons. The van der Waals surface area contributed by atoms with Crippen molar-refractivity contribution in [3.8, 4) is 5.75 Å². The number of aromatic nitrogens is 3. The number of carbonyl (C=O) groups excluding carboxylic acids is 1. The molecule has 3 aromatic rings. The molecule has 40 heavy (non-hydrogen) atoms.